The Balaban J connectivity index is 2.85. The van der Waals surface area contributed by atoms with Crippen LogP contribution in [0.5, 0.6) is 0 Å². The molecule has 0 radical (unpaired) electrons. The Kier molecular flexibility index (Phi) is 3.74. The second-order valence-electron chi connectivity index (χ2n) is 2.94. The molecule has 1 unspecified atom stereocenters. The molecule has 0 aromatic heterocycles. The van der Waals surface area contributed by atoms with Gasteiger partial charge in [-0.1, -0.05) is 6.07 Å². The predicted octanol–water partition coefficient (Wildman–Crippen LogP) is 1.04. The lowest BCUT2D eigenvalue weighted by atomic mass is 10.1. The van der Waals surface area contributed by atoms with Gasteiger partial charge >= 0.3 is 5.97 Å². The molecule has 1 atom stereocenters. The highest BCUT2D eigenvalue weighted by atomic mass is 19.1. The molecule has 0 fully saturated rings. The maximum atomic E-state index is 13.1. The van der Waals surface area contributed by atoms with E-state index < -0.39 is 30.1 Å². The topological polar surface area (TPSA) is 46.5 Å². The zero-order valence-electron chi connectivity index (χ0n) is 8.04. The van der Waals surface area contributed by atoms with Crippen molar-refractivity contribution < 1.29 is 23.4 Å². The number of esters is 1. The summed E-state index contributed by atoms with van der Waals surface area (Å²) in [6, 6.07) is 3.32. The minimum atomic E-state index is -1.55. The minimum Gasteiger partial charge on any atom is -0.467 e. The van der Waals surface area contributed by atoms with Gasteiger partial charge in [0.1, 0.15) is 11.6 Å². The maximum Gasteiger partial charge on any atom is 0.335 e. The first kappa shape index (κ1) is 11.6. The van der Waals surface area contributed by atoms with Crippen LogP contribution >= 0.6 is 0 Å². The normalized spacial score (nSPS) is 12.3. The fraction of sp³-hybridized carbons (Fsp3) is 0.300. The van der Waals surface area contributed by atoms with Gasteiger partial charge in [-0.15, -0.1) is 0 Å². The molecule has 15 heavy (non-hydrogen) atoms. The minimum absolute atomic E-state index is 0.324. The largest absolute Gasteiger partial charge is 0.467 e. The van der Waals surface area contributed by atoms with Crippen molar-refractivity contribution in [1.29, 1.82) is 0 Å². The Morgan fingerprint density at radius 2 is 2.00 bits per heavy atom. The number of carbonyl (C=O) groups excluding carboxylic acids is 1. The third-order valence-electron chi connectivity index (χ3n) is 1.93. The number of carbonyl (C=O) groups is 1. The van der Waals surface area contributed by atoms with E-state index in [0.29, 0.717) is 0 Å². The van der Waals surface area contributed by atoms with Gasteiger partial charge < -0.3 is 9.84 Å². The summed E-state index contributed by atoms with van der Waals surface area (Å²) >= 11 is 0. The molecule has 0 bridgehead atoms. The molecule has 0 saturated carbocycles. The van der Waals surface area contributed by atoms with Crippen LogP contribution in [0.4, 0.5) is 8.78 Å². The van der Waals surface area contributed by atoms with Crippen LogP contribution < -0.4 is 0 Å². The van der Waals surface area contributed by atoms with Crippen molar-refractivity contribution in [3.05, 3.63) is 35.4 Å². The fourth-order valence-corrected chi connectivity index (χ4v) is 1.14. The first-order chi connectivity index (χ1) is 7.06. The van der Waals surface area contributed by atoms with Crippen molar-refractivity contribution in [1.82, 2.24) is 0 Å². The van der Waals surface area contributed by atoms with Gasteiger partial charge in [0.15, 0.2) is 6.10 Å². The highest BCUT2D eigenvalue weighted by molar-refractivity contribution is 5.74. The van der Waals surface area contributed by atoms with Crippen molar-refractivity contribution in [2.75, 3.05) is 7.11 Å². The van der Waals surface area contributed by atoms with E-state index in [-0.39, 0.29) is 5.56 Å². The summed E-state index contributed by atoms with van der Waals surface area (Å²) < 4.78 is 30.4. The summed E-state index contributed by atoms with van der Waals surface area (Å²) in [7, 11) is 1.09. The fourth-order valence-electron chi connectivity index (χ4n) is 1.14. The number of rotatable bonds is 3. The van der Waals surface area contributed by atoms with E-state index >= 15 is 0 Å². The van der Waals surface area contributed by atoms with E-state index in [1.165, 1.54) is 6.07 Å². The van der Waals surface area contributed by atoms with Crippen molar-refractivity contribution in [2.45, 2.75) is 12.5 Å². The third-order valence-corrected chi connectivity index (χ3v) is 1.93. The average molecular weight is 216 g/mol. The number of methoxy groups -OCH3 is 1. The van der Waals surface area contributed by atoms with Gasteiger partial charge in [0, 0.05) is 12.0 Å². The van der Waals surface area contributed by atoms with Gasteiger partial charge in [-0.2, -0.15) is 0 Å². The molecular weight excluding hydrogens is 206 g/mol. The van der Waals surface area contributed by atoms with Crippen LogP contribution in [0, 0.1) is 11.6 Å². The predicted molar refractivity (Wildman–Crippen MR) is 48.1 cm³/mol. The molecule has 1 rings (SSSR count). The molecular formula is C10H10F2O3. The third kappa shape index (κ3) is 2.73. The number of hydrogen-bond donors (Lipinski definition) is 1. The molecule has 1 aromatic carbocycles. The number of ether oxygens (including phenoxy) is 1. The molecule has 3 nitrogen and oxygen atoms in total. The lowest BCUT2D eigenvalue weighted by Gasteiger charge is -2.09. The highest BCUT2D eigenvalue weighted by Crippen LogP contribution is 2.14. The summed E-state index contributed by atoms with van der Waals surface area (Å²) in [5.41, 5.74) is -0.324. The summed E-state index contributed by atoms with van der Waals surface area (Å²) in [4.78, 5) is 10.8. The van der Waals surface area contributed by atoms with E-state index in [1.54, 1.807) is 0 Å². The van der Waals surface area contributed by atoms with Gasteiger partial charge in [0.2, 0.25) is 0 Å². The van der Waals surface area contributed by atoms with Crippen LogP contribution in [0.3, 0.4) is 0 Å². The van der Waals surface area contributed by atoms with Crippen molar-refractivity contribution in [3.8, 4) is 0 Å². The smallest absolute Gasteiger partial charge is 0.335 e. The van der Waals surface area contributed by atoms with Crippen molar-refractivity contribution >= 4 is 5.97 Å². The zero-order chi connectivity index (χ0) is 11.4. The summed E-state index contributed by atoms with van der Waals surface area (Å²) in [5, 5.41) is 9.21. The van der Waals surface area contributed by atoms with E-state index in [2.05, 4.69) is 4.74 Å². The summed E-state index contributed by atoms with van der Waals surface area (Å²) in [6.45, 7) is 0. The lowest BCUT2D eigenvalue weighted by Crippen LogP contribution is -2.25. The first-order valence-corrected chi connectivity index (χ1v) is 4.25. The molecule has 1 aromatic rings. The summed E-state index contributed by atoms with van der Waals surface area (Å²) in [5.74, 6) is -2.51. The van der Waals surface area contributed by atoms with E-state index in [1.807, 2.05) is 0 Å². The molecule has 0 aliphatic rings. The van der Waals surface area contributed by atoms with Crippen LogP contribution in [0.1, 0.15) is 5.56 Å². The van der Waals surface area contributed by atoms with E-state index in [0.717, 1.165) is 19.2 Å². The molecule has 0 aliphatic heterocycles. The van der Waals surface area contributed by atoms with Crippen LogP contribution in [-0.2, 0) is 16.0 Å². The van der Waals surface area contributed by atoms with E-state index in [9.17, 15) is 18.7 Å². The van der Waals surface area contributed by atoms with Gasteiger partial charge in [-0.05, 0) is 12.1 Å². The van der Waals surface area contributed by atoms with Gasteiger partial charge in [-0.25, -0.2) is 13.6 Å². The SMILES string of the molecule is COC(=O)C(O)Cc1c(F)cccc1F. The standard InChI is InChI=1S/C10H10F2O3/c1-15-10(14)9(13)5-6-7(11)3-2-4-8(6)12/h2-4,9,13H,5H2,1H3. The van der Waals surface area contributed by atoms with Crippen molar-refractivity contribution in [3.63, 3.8) is 0 Å². The molecule has 82 valence electrons. The number of hydrogen-bond acceptors (Lipinski definition) is 3. The second-order valence-corrected chi connectivity index (χ2v) is 2.94. The Labute approximate surface area is 85.3 Å². The Hall–Kier alpha value is -1.49. The second kappa shape index (κ2) is 4.84. The molecule has 0 aliphatic carbocycles. The molecule has 0 amide bonds. The van der Waals surface area contributed by atoms with Gasteiger partial charge in [0.05, 0.1) is 7.11 Å². The summed E-state index contributed by atoms with van der Waals surface area (Å²) in [6.07, 6.45) is -1.99. The van der Waals surface area contributed by atoms with Crippen LogP contribution in [0.2, 0.25) is 0 Å². The van der Waals surface area contributed by atoms with Gasteiger partial charge in [0.25, 0.3) is 0 Å². The molecule has 0 spiro atoms. The molecule has 0 saturated heterocycles. The van der Waals surface area contributed by atoms with Crippen LogP contribution in [0.25, 0.3) is 0 Å². The van der Waals surface area contributed by atoms with Crippen LogP contribution in [-0.4, -0.2) is 24.3 Å². The van der Waals surface area contributed by atoms with E-state index in [4.69, 9.17) is 0 Å². The lowest BCUT2D eigenvalue weighted by molar-refractivity contribution is -0.150. The number of halogens is 2. The number of benzene rings is 1. The molecule has 5 heteroatoms. The monoisotopic (exact) mass is 216 g/mol. The number of aliphatic hydroxyl groups is 1. The first-order valence-electron chi connectivity index (χ1n) is 4.25. The highest BCUT2D eigenvalue weighted by Gasteiger charge is 2.20. The Bertz CT molecular complexity index is 345. The Morgan fingerprint density at radius 1 is 1.47 bits per heavy atom. The van der Waals surface area contributed by atoms with Crippen molar-refractivity contribution in [2.24, 2.45) is 0 Å². The van der Waals surface area contributed by atoms with Gasteiger partial charge in [-0.3, -0.25) is 0 Å². The molecule has 0 heterocycles. The van der Waals surface area contributed by atoms with Crippen LogP contribution in [0.15, 0.2) is 18.2 Å². The number of aliphatic hydroxyl groups excluding tert-OH is 1. The molecule has 1 N–H and O–H groups in total. The maximum absolute atomic E-state index is 13.1. The Morgan fingerprint density at radius 3 is 2.47 bits per heavy atom. The average Bonchev–Trinajstić information content (AvgIpc) is 2.22. The quantitative estimate of drug-likeness (QED) is 0.768. The zero-order valence-corrected chi connectivity index (χ0v) is 8.04.